The molecule has 10 nitrogen and oxygen atoms in total. The van der Waals surface area contributed by atoms with Crippen molar-refractivity contribution in [2.75, 3.05) is 20.1 Å². The molecule has 1 fully saturated rings. The summed E-state index contributed by atoms with van der Waals surface area (Å²) in [4.78, 5) is 50.4. The van der Waals surface area contributed by atoms with Gasteiger partial charge in [-0.2, -0.15) is 0 Å². The Morgan fingerprint density at radius 3 is 2.62 bits per heavy atom. The number of amides is 3. The fraction of sp³-hybridized carbons (Fsp3) is 0.545. The average molecular weight is 446 g/mol. The maximum atomic E-state index is 12.9. The number of nitrogens with zero attached hydrogens (tertiary/aromatic N) is 3. The molecule has 10 heteroatoms. The number of fused-ring (bicyclic) bond motifs is 1. The zero-order chi connectivity index (χ0) is 23.6. The largest absolute Gasteiger partial charge is 0.444 e. The molecule has 1 aromatic heterocycles. The zero-order valence-electron chi connectivity index (χ0n) is 19.2. The Morgan fingerprint density at radius 2 is 1.97 bits per heavy atom. The molecular weight excluding hydrogens is 414 g/mol. The highest BCUT2D eigenvalue weighted by molar-refractivity contribution is 6.00. The lowest BCUT2D eigenvalue weighted by atomic mass is 10.1. The first-order valence-corrected chi connectivity index (χ1v) is 10.6. The molecule has 32 heavy (non-hydrogen) atoms. The lowest BCUT2D eigenvalue weighted by Gasteiger charge is -2.22. The van der Waals surface area contributed by atoms with Crippen LogP contribution in [-0.4, -0.2) is 57.7 Å². The van der Waals surface area contributed by atoms with Crippen molar-refractivity contribution < 1.29 is 19.1 Å². The van der Waals surface area contributed by atoms with E-state index >= 15 is 0 Å². The predicted octanol–water partition coefficient (Wildman–Crippen LogP) is 1.27. The number of ether oxygens (including phenoxy) is 1. The van der Waals surface area contributed by atoms with Gasteiger partial charge in [0.25, 0.3) is 0 Å². The Bertz CT molecular complexity index is 1090. The molecule has 2 heterocycles. The smallest absolute Gasteiger partial charge is 0.407 e. The minimum absolute atomic E-state index is 0.208. The van der Waals surface area contributed by atoms with E-state index in [1.165, 1.54) is 9.13 Å². The van der Waals surface area contributed by atoms with Gasteiger partial charge in [0.05, 0.1) is 11.0 Å². The second-order valence-electron chi connectivity index (χ2n) is 9.17. The van der Waals surface area contributed by atoms with Gasteiger partial charge in [0.1, 0.15) is 11.6 Å². The molecule has 1 aromatic carbocycles. The Morgan fingerprint density at radius 1 is 1.25 bits per heavy atom. The van der Waals surface area contributed by atoms with E-state index in [4.69, 9.17) is 4.74 Å². The summed E-state index contributed by atoms with van der Waals surface area (Å²) in [7, 11) is 3.61. The van der Waals surface area contributed by atoms with Crippen LogP contribution in [0, 0.1) is 0 Å². The van der Waals surface area contributed by atoms with Crippen molar-refractivity contribution in [3.8, 4) is 0 Å². The highest BCUT2D eigenvalue weighted by atomic mass is 16.6. The number of likely N-dealkylation sites (N-methyl/N-ethyl adjacent to an activating group) is 1. The molecule has 2 N–H and O–H groups in total. The number of hydrogen-bond donors (Lipinski definition) is 2. The van der Waals surface area contributed by atoms with E-state index in [2.05, 4.69) is 10.6 Å². The molecule has 0 saturated carbocycles. The first-order valence-electron chi connectivity index (χ1n) is 10.6. The quantitative estimate of drug-likeness (QED) is 0.648. The highest BCUT2D eigenvalue weighted by Gasteiger charge is 2.31. The van der Waals surface area contributed by atoms with Gasteiger partial charge in [-0.05, 0) is 51.9 Å². The van der Waals surface area contributed by atoms with Gasteiger partial charge in [0.2, 0.25) is 11.8 Å². The van der Waals surface area contributed by atoms with Crippen LogP contribution < -0.4 is 16.3 Å². The van der Waals surface area contributed by atoms with Crippen molar-refractivity contribution in [2.24, 2.45) is 7.05 Å². The van der Waals surface area contributed by atoms with E-state index in [9.17, 15) is 19.2 Å². The fourth-order valence-electron chi connectivity index (χ4n) is 3.79. The Balaban J connectivity index is 1.69. The van der Waals surface area contributed by atoms with Gasteiger partial charge in [-0.3, -0.25) is 24.0 Å². The second kappa shape index (κ2) is 9.15. The van der Waals surface area contributed by atoms with Crippen molar-refractivity contribution >= 4 is 28.9 Å². The van der Waals surface area contributed by atoms with Gasteiger partial charge in [0.15, 0.2) is 0 Å². The lowest BCUT2D eigenvalue weighted by molar-refractivity contribution is -0.135. The molecule has 2 aromatic rings. The molecule has 1 atom stereocenters. The first-order chi connectivity index (χ1) is 15.0. The van der Waals surface area contributed by atoms with Crippen LogP contribution in [0.3, 0.4) is 0 Å². The van der Waals surface area contributed by atoms with Gasteiger partial charge in [-0.1, -0.05) is 6.07 Å². The summed E-state index contributed by atoms with van der Waals surface area (Å²) in [5.41, 5.74) is 1.54. The SMILES string of the molecule is CN(CCNC(=O)OC(C)(C)C)Cc1ccc2c(c1)n(C)c(=O)n2C1CCC(=O)NC1=O. The minimum Gasteiger partial charge on any atom is -0.444 e. The summed E-state index contributed by atoms with van der Waals surface area (Å²) in [5, 5.41) is 5.05. The van der Waals surface area contributed by atoms with Gasteiger partial charge in [0, 0.05) is 33.1 Å². The number of carbonyl (C=O) groups excluding carboxylic acids is 3. The molecule has 1 unspecified atom stereocenters. The number of alkyl carbamates (subject to hydrolysis) is 1. The van der Waals surface area contributed by atoms with Crippen LogP contribution in [0.25, 0.3) is 11.0 Å². The zero-order valence-corrected chi connectivity index (χ0v) is 19.2. The first kappa shape index (κ1) is 23.5. The Hall–Kier alpha value is -3.14. The summed E-state index contributed by atoms with van der Waals surface area (Å²) in [5.74, 6) is -0.761. The molecule has 3 rings (SSSR count). The summed E-state index contributed by atoms with van der Waals surface area (Å²) in [6, 6.07) is 4.98. The summed E-state index contributed by atoms with van der Waals surface area (Å²) in [6.07, 6.45) is 0.0650. The number of aryl methyl sites for hydroxylation is 1. The number of hydrogen-bond acceptors (Lipinski definition) is 6. The van der Waals surface area contributed by atoms with Crippen LogP contribution in [0.4, 0.5) is 4.79 Å². The number of benzene rings is 1. The number of aromatic nitrogens is 2. The molecule has 0 spiro atoms. The van der Waals surface area contributed by atoms with Crippen LogP contribution in [0.1, 0.15) is 45.2 Å². The van der Waals surface area contributed by atoms with E-state index in [1.54, 1.807) is 7.05 Å². The van der Waals surface area contributed by atoms with Gasteiger partial charge >= 0.3 is 11.8 Å². The van der Waals surface area contributed by atoms with Crippen LogP contribution in [0.15, 0.2) is 23.0 Å². The molecule has 0 radical (unpaired) electrons. The monoisotopic (exact) mass is 445 g/mol. The molecule has 3 amide bonds. The lowest BCUT2D eigenvalue weighted by Crippen LogP contribution is -2.44. The topological polar surface area (TPSA) is 115 Å². The van der Waals surface area contributed by atoms with Crippen LogP contribution in [0.2, 0.25) is 0 Å². The van der Waals surface area contributed by atoms with Gasteiger partial charge in [-0.15, -0.1) is 0 Å². The van der Waals surface area contributed by atoms with Crippen molar-refractivity contribution in [3.63, 3.8) is 0 Å². The maximum absolute atomic E-state index is 12.9. The van der Waals surface area contributed by atoms with Crippen molar-refractivity contribution in [2.45, 2.75) is 51.8 Å². The second-order valence-corrected chi connectivity index (χ2v) is 9.17. The third kappa shape index (κ3) is 5.37. The van der Waals surface area contributed by atoms with E-state index in [-0.39, 0.29) is 18.0 Å². The number of rotatable bonds is 6. The third-order valence-corrected chi connectivity index (χ3v) is 5.29. The van der Waals surface area contributed by atoms with Crippen molar-refractivity contribution in [1.29, 1.82) is 0 Å². The summed E-state index contributed by atoms with van der Waals surface area (Å²) >= 11 is 0. The molecule has 0 bridgehead atoms. The van der Waals surface area contributed by atoms with E-state index in [1.807, 2.05) is 50.9 Å². The minimum atomic E-state index is -0.698. The standard InChI is InChI=1S/C22H31N5O5/c1-22(2,3)32-20(30)23-10-11-25(4)13-14-6-7-15-17(12-14)26(5)21(31)27(15)16-8-9-18(28)24-19(16)29/h6-7,12,16H,8-11,13H2,1-5H3,(H,23,30)(H,24,28,29). The molecule has 1 aliphatic heterocycles. The molecular formula is C22H31N5O5. The molecule has 1 aliphatic rings. The Labute approximate surface area is 186 Å². The summed E-state index contributed by atoms with van der Waals surface area (Å²) < 4.78 is 8.21. The van der Waals surface area contributed by atoms with Crippen molar-refractivity contribution in [3.05, 3.63) is 34.2 Å². The van der Waals surface area contributed by atoms with E-state index in [0.717, 1.165) is 11.1 Å². The fourth-order valence-corrected chi connectivity index (χ4v) is 3.79. The van der Waals surface area contributed by atoms with Crippen LogP contribution in [0.5, 0.6) is 0 Å². The normalized spacial score (nSPS) is 17.0. The molecule has 1 saturated heterocycles. The predicted molar refractivity (Wildman–Crippen MR) is 119 cm³/mol. The van der Waals surface area contributed by atoms with Crippen LogP contribution in [-0.2, 0) is 27.9 Å². The van der Waals surface area contributed by atoms with E-state index < -0.39 is 23.6 Å². The number of nitrogens with one attached hydrogen (secondary N) is 2. The number of carbonyl (C=O) groups is 3. The van der Waals surface area contributed by atoms with E-state index in [0.29, 0.717) is 31.6 Å². The molecule has 0 aliphatic carbocycles. The summed E-state index contributed by atoms with van der Waals surface area (Å²) in [6.45, 7) is 7.12. The third-order valence-electron chi connectivity index (χ3n) is 5.29. The van der Waals surface area contributed by atoms with Gasteiger partial charge in [-0.25, -0.2) is 9.59 Å². The maximum Gasteiger partial charge on any atom is 0.407 e. The number of piperidine rings is 1. The van der Waals surface area contributed by atoms with Crippen molar-refractivity contribution in [1.82, 2.24) is 24.7 Å². The molecule has 174 valence electrons. The average Bonchev–Trinajstić information content (AvgIpc) is 2.91. The highest BCUT2D eigenvalue weighted by Crippen LogP contribution is 2.24. The number of imidazole rings is 1. The Kier molecular flexibility index (Phi) is 6.73. The van der Waals surface area contributed by atoms with Gasteiger partial charge < -0.3 is 15.0 Å². The number of imide groups is 1. The van der Waals surface area contributed by atoms with Crippen LogP contribution >= 0.6 is 0 Å².